The molecule has 2 rings (SSSR count). The predicted octanol–water partition coefficient (Wildman–Crippen LogP) is 4.46. The fourth-order valence-electron chi connectivity index (χ4n) is 2.84. The molecule has 2 atom stereocenters. The summed E-state index contributed by atoms with van der Waals surface area (Å²) in [6.45, 7) is 2.43. The van der Waals surface area contributed by atoms with Crippen LogP contribution in [0.1, 0.15) is 32.6 Å². The van der Waals surface area contributed by atoms with E-state index in [1.807, 2.05) is 18.2 Å². The Bertz CT molecular complexity index is 426. The summed E-state index contributed by atoms with van der Waals surface area (Å²) >= 11 is 9.42. The number of hydrogen-bond acceptors (Lipinski definition) is 2. The summed E-state index contributed by atoms with van der Waals surface area (Å²) in [5.74, 6) is 0.661. The molecular weight excluding hydrogens is 314 g/mol. The van der Waals surface area contributed by atoms with Crippen LogP contribution in [0.5, 0.6) is 0 Å². The van der Waals surface area contributed by atoms with E-state index in [9.17, 15) is 5.11 Å². The van der Waals surface area contributed by atoms with Gasteiger partial charge in [0.2, 0.25) is 0 Å². The zero-order valence-electron chi connectivity index (χ0n) is 10.5. The van der Waals surface area contributed by atoms with E-state index < -0.39 is 0 Å². The Morgan fingerprint density at radius 2 is 2.33 bits per heavy atom. The number of halogens is 2. The van der Waals surface area contributed by atoms with E-state index >= 15 is 0 Å². The molecule has 1 fully saturated rings. The van der Waals surface area contributed by atoms with Gasteiger partial charge in [-0.3, -0.25) is 0 Å². The van der Waals surface area contributed by atoms with Crippen molar-refractivity contribution in [3.8, 4) is 0 Å². The molecule has 0 aliphatic heterocycles. The van der Waals surface area contributed by atoms with Crippen LogP contribution in [0.2, 0.25) is 5.02 Å². The van der Waals surface area contributed by atoms with Crippen LogP contribution in [-0.2, 0) is 0 Å². The molecule has 0 radical (unpaired) electrons. The average Bonchev–Trinajstić information content (AvgIpc) is 2.34. The van der Waals surface area contributed by atoms with Crippen molar-refractivity contribution in [2.75, 3.05) is 11.9 Å². The quantitative estimate of drug-likeness (QED) is 0.856. The Morgan fingerprint density at radius 3 is 2.94 bits per heavy atom. The predicted molar refractivity (Wildman–Crippen MR) is 80.2 cm³/mol. The van der Waals surface area contributed by atoms with E-state index in [1.54, 1.807) is 0 Å². The number of aliphatic hydroxyl groups excluding tert-OH is 1. The van der Waals surface area contributed by atoms with E-state index in [-0.39, 0.29) is 12.1 Å². The molecule has 100 valence electrons. The molecule has 1 aliphatic carbocycles. The Kier molecular flexibility index (Phi) is 4.57. The summed E-state index contributed by atoms with van der Waals surface area (Å²) in [6, 6.07) is 5.80. The molecule has 2 unspecified atom stereocenters. The first-order valence-corrected chi connectivity index (χ1v) is 7.56. The molecule has 0 saturated heterocycles. The standard InChI is InChI=1S/C14H19BrClNO/c1-10-3-2-6-14(8-10,9-18)17-11-4-5-13(16)12(15)7-11/h4-5,7,10,17-18H,2-3,6,8-9H2,1H3. The smallest absolute Gasteiger partial charge is 0.0661 e. The van der Waals surface area contributed by atoms with Crippen LogP contribution < -0.4 is 5.32 Å². The van der Waals surface area contributed by atoms with Gasteiger partial charge in [-0.2, -0.15) is 0 Å². The highest BCUT2D eigenvalue weighted by Crippen LogP contribution is 2.36. The van der Waals surface area contributed by atoms with Crippen LogP contribution in [0.4, 0.5) is 5.69 Å². The molecule has 0 aromatic heterocycles. The summed E-state index contributed by atoms with van der Waals surface area (Å²) in [6.07, 6.45) is 4.47. The summed E-state index contributed by atoms with van der Waals surface area (Å²) in [5.41, 5.74) is 0.833. The van der Waals surface area contributed by atoms with Crippen molar-refractivity contribution in [3.05, 3.63) is 27.7 Å². The van der Waals surface area contributed by atoms with E-state index in [2.05, 4.69) is 28.2 Å². The zero-order chi connectivity index (χ0) is 13.2. The first-order chi connectivity index (χ1) is 8.54. The SMILES string of the molecule is CC1CCCC(CO)(Nc2ccc(Cl)c(Br)c2)C1. The highest BCUT2D eigenvalue weighted by molar-refractivity contribution is 9.10. The summed E-state index contributed by atoms with van der Waals surface area (Å²) in [7, 11) is 0. The van der Waals surface area contributed by atoms with Gasteiger partial charge in [-0.05, 0) is 52.9 Å². The lowest BCUT2D eigenvalue weighted by Crippen LogP contribution is -2.45. The van der Waals surface area contributed by atoms with Gasteiger partial charge in [-0.15, -0.1) is 0 Å². The van der Waals surface area contributed by atoms with Gasteiger partial charge in [0, 0.05) is 10.2 Å². The molecule has 0 bridgehead atoms. The molecule has 0 heterocycles. The van der Waals surface area contributed by atoms with Crippen LogP contribution in [0.25, 0.3) is 0 Å². The van der Waals surface area contributed by atoms with Crippen molar-refractivity contribution in [2.45, 2.75) is 38.1 Å². The van der Waals surface area contributed by atoms with Gasteiger partial charge in [-0.25, -0.2) is 0 Å². The Hall–Kier alpha value is -0.250. The maximum Gasteiger partial charge on any atom is 0.0661 e. The topological polar surface area (TPSA) is 32.3 Å². The lowest BCUT2D eigenvalue weighted by molar-refractivity contribution is 0.149. The third kappa shape index (κ3) is 3.19. The molecule has 4 heteroatoms. The summed E-state index contributed by atoms with van der Waals surface area (Å²) in [5, 5.41) is 14.0. The van der Waals surface area contributed by atoms with Gasteiger partial charge in [0.1, 0.15) is 0 Å². The number of nitrogens with one attached hydrogen (secondary N) is 1. The molecular formula is C14H19BrClNO. The second-order valence-corrected chi connectivity index (χ2v) is 6.66. The minimum Gasteiger partial charge on any atom is -0.394 e. The lowest BCUT2D eigenvalue weighted by atomic mass is 9.76. The number of hydrogen-bond donors (Lipinski definition) is 2. The van der Waals surface area contributed by atoms with Crippen molar-refractivity contribution in [2.24, 2.45) is 5.92 Å². The van der Waals surface area contributed by atoms with Crippen molar-refractivity contribution >= 4 is 33.2 Å². The van der Waals surface area contributed by atoms with Crippen molar-refractivity contribution in [1.29, 1.82) is 0 Å². The highest BCUT2D eigenvalue weighted by atomic mass is 79.9. The molecule has 0 amide bonds. The van der Waals surface area contributed by atoms with Crippen LogP contribution in [0.3, 0.4) is 0 Å². The zero-order valence-corrected chi connectivity index (χ0v) is 12.9. The van der Waals surface area contributed by atoms with Crippen molar-refractivity contribution < 1.29 is 5.11 Å². The third-order valence-corrected chi connectivity index (χ3v) is 4.94. The second-order valence-electron chi connectivity index (χ2n) is 5.39. The number of rotatable bonds is 3. The van der Waals surface area contributed by atoms with Gasteiger partial charge in [0.25, 0.3) is 0 Å². The third-order valence-electron chi connectivity index (χ3n) is 3.72. The van der Waals surface area contributed by atoms with Crippen LogP contribution in [0.15, 0.2) is 22.7 Å². The largest absolute Gasteiger partial charge is 0.394 e. The van der Waals surface area contributed by atoms with Crippen LogP contribution >= 0.6 is 27.5 Å². The first kappa shape index (κ1) is 14.2. The normalized spacial score (nSPS) is 28.1. The first-order valence-electron chi connectivity index (χ1n) is 6.39. The monoisotopic (exact) mass is 331 g/mol. The highest BCUT2D eigenvalue weighted by Gasteiger charge is 2.34. The molecule has 1 aromatic rings. The van der Waals surface area contributed by atoms with E-state index in [0.29, 0.717) is 10.9 Å². The van der Waals surface area contributed by atoms with Crippen LogP contribution in [-0.4, -0.2) is 17.3 Å². The van der Waals surface area contributed by atoms with Crippen molar-refractivity contribution in [3.63, 3.8) is 0 Å². The molecule has 1 aromatic carbocycles. The fraction of sp³-hybridized carbons (Fsp3) is 0.571. The maximum absolute atomic E-state index is 9.74. The van der Waals surface area contributed by atoms with E-state index in [1.165, 1.54) is 12.8 Å². The fourth-order valence-corrected chi connectivity index (χ4v) is 3.33. The molecule has 1 aliphatic rings. The summed E-state index contributed by atoms with van der Waals surface area (Å²) < 4.78 is 0.881. The second kappa shape index (κ2) is 5.81. The van der Waals surface area contributed by atoms with Gasteiger partial charge in [0.15, 0.2) is 0 Å². The molecule has 0 spiro atoms. The van der Waals surface area contributed by atoms with Crippen molar-refractivity contribution in [1.82, 2.24) is 0 Å². The Labute approximate surface area is 122 Å². The minimum absolute atomic E-state index is 0.176. The number of anilines is 1. The van der Waals surface area contributed by atoms with E-state index in [0.717, 1.165) is 23.0 Å². The molecule has 18 heavy (non-hydrogen) atoms. The molecule has 1 saturated carbocycles. The Morgan fingerprint density at radius 1 is 1.56 bits per heavy atom. The van der Waals surface area contributed by atoms with E-state index in [4.69, 9.17) is 11.6 Å². The van der Waals surface area contributed by atoms with Gasteiger partial charge < -0.3 is 10.4 Å². The minimum atomic E-state index is -0.176. The molecule has 2 N–H and O–H groups in total. The molecule has 2 nitrogen and oxygen atoms in total. The van der Waals surface area contributed by atoms with Gasteiger partial charge >= 0.3 is 0 Å². The maximum atomic E-state index is 9.74. The van der Waals surface area contributed by atoms with Gasteiger partial charge in [0.05, 0.1) is 17.2 Å². The number of aliphatic hydroxyl groups is 1. The van der Waals surface area contributed by atoms with Crippen LogP contribution in [0, 0.1) is 5.92 Å². The average molecular weight is 333 g/mol. The lowest BCUT2D eigenvalue weighted by Gasteiger charge is -2.40. The Balaban J connectivity index is 2.16. The van der Waals surface area contributed by atoms with Gasteiger partial charge in [-0.1, -0.05) is 31.4 Å². The number of benzene rings is 1. The summed E-state index contributed by atoms with van der Waals surface area (Å²) in [4.78, 5) is 0.